The zero-order valence-corrected chi connectivity index (χ0v) is 23.3. The lowest BCUT2D eigenvalue weighted by molar-refractivity contribution is -0.250. The van der Waals surface area contributed by atoms with Crippen molar-refractivity contribution in [2.45, 2.75) is 122 Å². The quantitative estimate of drug-likeness (QED) is 0.507. The first kappa shape index (κ1) is 26.1. The van der Waals surface area contributed by atoms with E-state index < -0.39 is 14.1 Å². The molecule has 5 nitrogen and oxygen atoms in total. The van der Waals surface area contributed by atoms with Crippen LogP contribution in [-0.4, -0.2) is 56.3 Å². The predicted octanol–water partition coefficient (Wildman–Crippen LogP) is 5.50. The van der Waals surface area contributed by atoms with Gasteiger partial charge in [-0.25, -0.2) is 0 Å². The highest BCUT2D eigenvalue weighted by Crippen LogP contribution is 2.65. The molecule has 1 aliphatic heterocycles. The van der Waals surface area contributed by atoms with E-state index in [1.54, 1.807) is 0 Å². The minimum absolute atomic E-state index is 0.0317. The number of hydrogen-bond donors (Lipinski definition) is 2. The molecule has 4 rings (SSSR count). The van der Waals surface area contributed by atoms with E-state index >= 15 is 0 Å². The first-order valence-corrected chi connectivity index (χ1v) is 16.5. The van der Waals surface area contributed by atoms with Crippen molar-refractivity contribution in [2.24, 2.45) is 28.6 Å². The molecule has 1 spiro atoms. The monoisotopic (exact) mass is 482 g/mol. The summed E-state index contributed by atoms with van der Waals surface area (Å²) >= 11 is 0. The van der Waals surface area contributed by atoms with Crippen LogP contribution in [0.15, 0.2) is 0 Å². The van der Waals surface area contributed by atoms with E-state index in [-0.39, 0.29) is 46.5 Å². The Kier molecular flexibility index (Phi) is 6.99. The minimum Gasteiger partial charge on any atom is -0.414 e. The Hall–Kier alpha value is 0.0169. The molecule has 6 heteroatoms. The van der Waals surface area contributed by atoms with Crippen LogP contribution in [0.25, 0.3) is 0 Å². The summed E-state index contributed by atoms with van der Waals surface area (Å²) in [4.78, 5) is 0. The van der Waals surface area contributed by atoms with Crippen LogP contribution in [0.5, 0.6) is 0 Å². The highest BCUT2D eigenvalue weighted by Gasteiger charge is 2.66. The Labute approximate surface area is 203 Å². The van der Waals surface area contributed by atoms with Gasteiger partial charge in [0.25, 0.3) is 0 Å². The molecule has 33 heavy (non-hydrogen) atoms. The van der Waals surface area contributed by atoms with Gasteiger partial charge in [-0.05, 0) is 86.2 Å². The smallest absolute Gasteiger partial charge is 0.192 e. The van der Waals surface area contributed by atoms with Crippen LogP contribution in [0.4, 0.5) is 0 Å². The highest BCUT2D eigenvalue weighted by atomic mass is 28.4. The van der Waals surface area contributed by atoms with Crippen molar-refractivity contribution in [3.05, 3.63) is 0 Å². The second kappa shape index (κ2) is 8.84. The van der Waals surface area contributed by atoms with Crippen LogP contribution in [-0.2, 0) is 13.9 Å². The summed E-state index contributed by atoms with van der Waals surface area (Å²) in [5, 5.41) is 22.0. The maximum Gasteiger partial charge on any atom is 0.192 e. The third-order valence-electron chi connectivity index (χ3n) is 11.1. The van der Waals surface area contributed by atoms with Gasteiger partial charge in [0.1, 0.15) is 0 Å². The Morgan fingerprint density at radius 3 is 2.21 bits per heavy atom. The van der Waals surface area contributed by atoms with Crippen molar-refractivity contribution in [3.63, 3.8) is 0 Å². The van der Waals surface area contributed by atoms with Crippen LogP contribution >= 0.6 is 0 Å². The van der Waals surface area contributed by atoms with E-state index in [0.29, 0.717) is 19.1 Å². The standard InChI is InChI=1S/C27H50O5Si/c1-24(2,3)33(6,7)32-20-8-12-25(4,19(18-20)11-15-28)21-9-13-26(5)22(23(21)29)10-14-27(26)30-16-17-31-27/h19-23,28-29H,8-18H2,1-7H3/t19-,20-,21?,22?,23+,25-,26-/m0/s1. The highest BCUT2D eigenvalue weighted by molar-refractivity contribution is 6.74. The molecule has 3 aliphatic carbocycles. The Bertz CT molecular complexity index is 699. The zero-order valence-electron chi connectivity index (χ0n) is 22.3. The molecule has 0 radical (unpaired) electrons. The van der Waals surface area contributed by atoms with Crippen molar-refractivity contribution in [2.75, 3.05) is 19.8 Å². The first-order chi connectivity index (χ1) is 15.3. The average molecular weight is 483 g/mol. The Morgan fingerprint density at radius 1 is 0.970 bits per heavy atom. The van der Waals surface area contributed by atoms with Gasteiger partial charge in [-0.1, -0.05) is 34.6 Å². The zero-order chi connectivity index (χ0) is 24.3. The summed E-state index contributed by atoms with van der Waals surface area (Å²) < 4.78 is 19.2. The van der Waals surface area contributed by atoms with Gasteiger partial charge in [0.15, 0.2) is 14.1 Å². The lowest BCUT2D eigenvalue weighted by atomic mass is 9.51. The molecule has 0 amide bonds. The summed E-state index contributed by atoms with van der Waals surface area (Å²) in [5.74, 6) is 0.382. The molecular weight excluding hydrogens is 432 g/mol. The largest absolute Gasteiger partial charge is 0.414 e. The SMILES string of the molecule is CC(C)(C)[Si](C)(C)O[C@H]1CC[C@](C)(C2CC[C@@]3(C)C(CCC34OCCO4)[C@@H]2O)[C@@H](CCO)C1. The van der Waals surface area contributed by atoms with E-state index in [0.717, 1.165) is 51.4 Å². The molecule has 0 aromatic rings. The average Bonchev–Trinajstić information content (AvgIpc) is 3.31. The molecule has 0 aromatic heterocycles. The second-order valence-electron chi connectivity index (χ2n) is 13.6. The van der Waals surface area contributed by atoms with Crippen molar-refractivity contribution in [1.29, 1.82) is 0 Å². The van der Waals surface area contributed by atoms with Crippen LogP contribution in [0.1, 0.15) is 86.0 Å². The van der Waals surface area contributed by atoms with Gasteiger partial charge >= 0.3 is 0 Å². The van der Waals surface area contributed by atoms with Crippen molar-refractivity contribution < 1.29 is 24.1 Å². The fraction of sp³-hybridized carbons (Fsp3) is 1.00. The number of fused-ring (bicyclic) bond motifs is 2. The molecule has 1 saturated heterocycles. The molecule has 4 aliphatic rings. The van der Waals surface area contributed by atoms with Gasteiger partial charge in [-0.3, -0.25) is 0 Å². The molecule has 4 fully saturated rings. The van der Waals surface area contributed by atoms with Crippen molar-refractivity contribution >= 4 is 8.32 Å². The fourth-order valence-corrected chi connectivity index (χ4v) is 9.28. The lowest BCUT2D eigenvalue weighted by Crippen LogP contribution is -2.57. The molecule has 0 bridgehead atoms. The third-order valence-corrected chi connectivity index (χ3v) is 15.6. The third kappa shape index (κ3) is 4.19. The molecule has 1 heterocycles. The molecular formula is C27H50O5Si. The first-order valence-electron chi connectivity index (χ1n) is 13.5. The van der Waals surface area contributed by atoms with Gasteiger partial charge in [-0.2, -0.15) is 0 Å². The van der Waals surface area contributed by atoms with Gasteiger partial charge in [0, 0.05) is 24.5 Å². The van der Waals surface area contributed by atoms with E-state index in [2.05, 4.69) is 47.7 Å². The summed E-state index contributed by atoms with van der Waals surface area (Å²) in [6, 6.07) is 0. The number of ether oxygens (including phenoxy) is 2. The van der Waals surface area contributed by atoms with Gasteiger partial charge < -0.3 is 24.1 Å². The second-order valence-corrected chi connectivity index (χ2v) is 18.4. The number of aliphatic hydroxyl groups is 2. The summed E-state index contributed by atoms with van der Waals surface area (Å²) in [6.45, 7) is 17.9. The summed E-state index contributed by atoms with van der Waals surface area (Å²) in [5.41, 5.74) is -0.0746. The Balaban J connectivity index is 1.51. The molecule has 192 valence electrons. The number of aliphatic hydroxyl groups excluding tert-OH is 2. The maximum absolute atomic E-state index is 11.8. The molecule has 2 unspecified atom stereocenters. The molecule has 2 N–H and O–H groups in total. The topological polar surface area (TPSA) is 68.2 Å². The number of hydrogen-bond acceptors (Lipinski definition) is 5. The predicted molar refractivity (Wildman–Crippen MR) is 133 cm³/mol. The van der Waals surface area contributed by atoms with Gasteiger partial charge in [0.2, 0.25) is 0 Å². The lowest BCUT2D eigenvalue weighted by Gasteiger charge is -2.57. The van der Waals surface area contributed by atoms with E-state index in [1.807, 2.05) is 0 Å². The molecule has 7 atom stereocenters. The maximum atomic E-state index is 11.8. The van der Waals surface area contributed by atoms with Crippen LogP contribution in [0, 0.1) is 28.6 Å². The van der Waals surface area contributed by atoms with E-state index in [9.17, 15) is 10.2 Å². The van der Waals surface area contributed by atoms with E-state index in [4.69, 9.17) is 13.9 Å². The van der Waals surface area contributed by atoms with Crippen LogP contribution < -0.4 is 0 Å². The van der Waals surface area contributed by atoms with Crippen molar-refractivity contribution in [1.82, 2.24) is 0 Å². The summed E-state index contributed by atoms with van der Waals surface area (Å²) in [7, 11) is -1.83. The normalized spacial score (nSPS) is 43.7. The Morgan fingerprint density at radius 2 is 1.61 bits per heavy atom. The van der Waals surface area contributed by atoms with Gasteiger partial charge in [-0.15, -0.1) is 0 Å². The molecule has 0 aromatic carbocycles. The number of rotatable bonds is 5. The minimum atomic E-state index is -1.83. The van der Waals surface area contributed by atoms with Crippen LogP contribution in [0.3, 0.4) is 0 Å². The summed E-state index contributed by atoms with van der Waals surface area (Å²) in [6.07, 6.45) is 7.81. The fourth-order valence-electron chi connectivity index (χ4n) is 7.88. The van der Waals surface area contributed by atoms with Crippen molar-refractivity contribution in [3.8, 4) is 0 Å². The van der Waals surface area contributed by atoms with E-state index in [1.165, 1.54) is 0 Å². The van der Waals surface area contributed by atoms with Gasteiger partial charge in [0.05, 0.1) is 19.3 Å². The molecule has 3 saturated carbocycles. The van der Waals surface area contributed by atoms with Crippen LogP contribution in [0.2, 0.25) is 18.1 Å².